The minimum atomic E-state index is 0.356. The van der Waals surface area contributed by atoms with Crippen molar-refractivity contribution < 1.29 is 17.0 Å². The van der Waals surface area contributed by atoms with E-state index >= 15 is 0 Å². The van der Waals surface area contributed by atoms with Gasteiger partial charge in [0, 0.05) is 0 Å². The second-order valence-corrected chi connectivity index (χ2v) is 5.16. The van der Waals surface area contributed by atoms with Crippen molar-refractivity contribution in [3.8, 4) is 0 Å². The third kappa shape index (κ3) is 2.26. The van der Waals surface area contributed by atoms with E-state index in [0.29, 0.717) is 6.04 Å². The molecule has 0 unspecified atom stereocenters. The Morgan fingerprint density at radius 3 is 2.53 bits per heavy atom. The van der Waals surface area contributed by atoms with Crippen LogP contribution in [0.4, 0.5) is 5.82 Å². The van der Waals surface area contributed by atoms with Gasteiger partial charge in [-0.25, -0.2) is 0 Å². The Bertz CT molecular complexity index is 655. The second-order valence-electron chi connectivity index (χ2n) is 4.76. The van der Waals surface area contributed by atoms with Crippen molar-refractivity contribution in [2.24, 2.45) is 0 Å². The topological polar surface area (TPSA) is 42.7 Å². The molecule has 4 nitrogen and oxygen atoms in total. The van der Waals surface area contributed by atoms with Gasteiger partial charge in [0.15, 0.2) is 0 Å². The summed E-state index contributed by atoms with van der Waals surface area (Å²) >= 11 is 2.51. The van der Waals surface area contributed by atoms with Crippen molar-refractivity contribution in [3.63, 3.8) is 0 Å². The minimum absolute atomic E-state index is 0.356. The number of aromatic nitrogens is 3. The van der Waals surface area contributed by atoms with Gasteiger partial charge in [0.1, 0.15) is 0 Å². The molecule has 0 saturated heterocycles. The Hall–Kier alpha value is -1.39. The van der Waals surface area contributed by atoms with E-state index in [0.717, 1.165) is 28.2 Å². The molecule has 0 aliphatic carbocycles. The molecule has 0 radical (unpaired) electrons. The third-order valence-corrected chi connectivity index (χ3v) is 3.54. The molecule has 0 saturated carbocycles. The predicted octanol–water partition coefficient (Wildman–Crippen LogP) is 2.88. The van der Waals surface area contributed by atoms with Crippen LogP contribution >= 0.6 is 0 Å². The number of hydrogen-bond donors (Lipinski definition) is 1. The molecular weight excluding hydrogens is 275 g/mol. The Labute approximate surface area is 122 Å². The molecule has 0 bridgehead atoms. The average molecular weight is 293 g/mol. The molecule has 0 fully saturated rings. The van der Waals surface area contributed by atoms with Gasteiger partial charge in [-0.3, -0.25) is 0 Å². The molecule has 5 heteroatoms. The van der Waals surface area contributed by atoms with Crippen molar-refractivity contribution in [2.75, 3.05) is 5.32 Å². The molecule has 2 aromatic rings. The van der Waals surface area contributed by atoms with Gasteiger partial charge in [-0.15, -0.1) is 0 Å². The molecule has 0 aliphatic heterocycles. The fourth-order valence-electron chi connectivity index (χ4n) is 2.44. The van der Waals surface area contributed by atoms with E-state index in [9.17, 15) is 0 Å². The van der Waals surface area contributed by atoms with Gasteiger partial charge in [-0.2, -0.15) is 0 Å². The van der Waals surface area contributed by atoms with Gasteiger partial charge in [0.05, 0.1) is 0 Å². The van der Waals surface area contributed by atoms with Crippen LogP contribution < -0.4 is 5.32 Å². The van der Waals surface area contributed by atoms with E-state index in [2.05, 4.69) is 68.9 Å². The van der Waals surface area contributed by atoms with Gasteiger partial charge in [0.2, 0.25) is 0 Å². The first-order chi connectivity index (χ1) is 9.01. The molecule has 0 aliphatic rings. The zero-order chi connectivity index (χ0) is 14.2. The first-order valence-corrected chi connectivity index (χ1v) is 7.05. The molecule has 0 amide bonds. The molecule has 0 atom stereocenters. The number of nitrogens with one attached hydrogen (secondary N) is 1. The predicted molar refractivity (Wildman–Crippen MR) is 76.4 cm³/mol. The normalized spacial score (nSPS) is 10.9. The summed E-state index contributed by atoms with van der Waals surface area (Å²) in [5, 5.41) is 4.17. The van der Waals surface area contributed by atoms with Crippen molar-refractivity contribution >= 4 is 21.6 Å². The molecule has 2 rings (SSSR count). The van der Waals surface area contributed by atoms with Gasteiger partial charge < -0.3 is 0 Å². The summed E-state index contributed by atoms with van der Waals surface area (Å²) in [5.74, 6) is 1.57. The number of fused-ring (bicyclic) bond motifs is 1. The van der Waals surface area contributed by atoms with Crippen LogP contribution in [0.2, 0.25) is 0 Å². The second kappa shape index (κ2) is 5.31. The zero-order valence-electron chi connectivity index (χ0n) is 11.7. The zero-order valence-corrected chi connectivity index (χ0v) is 13.1. The standard InChI is InChI=1S/C14H18N4.V/c1-7-15-13-12-9(4)10(5)18(8(2)3)14(12)17-11(6)16-13;/h4,7-8H,1H2,2-3,5-6H3,(H,15,16,17);. The van der Waals surface area contributed by atoms with Crippen molar-refractivity contribution in [2.45, 2.75) is 33.7 Å². The maximum absolute atomic E-state index is 4.62. The monoisotopic (exact) mass is 293 g/mol. The molecule has 0 aromatic carbocycles. The maximum atomic E-state index is 4.62. The van der Waals surface area contributed by atoms with E-state index in [1.165, 1.54) is 5.69 Å². The van der Waals surface area contributed by atoms with Crippen molar-refractivity contribution in [1.82, 2.24) is 14.5 Å². The van der Waals surface area contributed by atoms with Crippen LogP contribution in [0.3, 0.4) is 0 Å². The van der Waals surface area contributed by atoms with E-state index in [-0.39, 0.29) is 0 Å². The average Bonchev–Trinajstić information content (AvgIpc) is 2.61. The molecule has 0 spiro atoms. The summed E-state index contributed by atoms with van der Waals surface area (Å²) in [5.41, 5.74) is 3.34. The first kappa shape index (κ1) is 14.0. The molecule has 2 heterocycles. The Morgan fingerprint density at radius 1 is 1.32 bits per heavy atom. The number of aryl methyl sites for hydroxylation is 1. The fraction of sp³-hybridized carbons (Fsp3) is 0.357. The number of anilines is 1. The quantitative estimate of drug-likeness (QED) is 0.942. The molecule has 99 valence electrons. The molecular formula is C14H18N4V. The third-order valence-electron chi connectivity index (χ3n) is 3.13. The summed E-state index contributed by atoms with van der Waals surface area (Å²) in [6, 6.07) is 0.356. The van der Waals surface area contributed by atoms with E-state index < -0.39 is 0 Å². The van der Waals surface area contributed by atoms with Crippen LogP contribution in [0.5, 0.6) is 0 Å². The molecule has 2 aromatic heterocycles. The molecule has 19 heavy (non-hydrogen) atoms. The number of rotatable bonds is 4. The van der Waals surface area contributed by atoms with Gasteiger partial charge >= 0.3 is 122 Å². The summed E-state index contributed by atoms with van der Waals surface area (Å²) in [6.45, 7) is 12.1. The van der Waals surface area contributed by atoms with Crippen LogP contribution in [0.25, 0.3) is 11.0 Å². The van der Waals surface area contributed by atoms with E-state index in [4.69, 9.17) is 0 Å². The molecule has 1 N–H and O–H groups in total. The van der Waals surface area contributed by atoms with E-state index in [1.807, 2.05) is 6.92 Å². The number of hydrogen-bond acceptors (Lipinski definition) is 3. The van der Waals surface area contributed by atoms with Crippen LogP contribution in [0.1, 0.15) is 37.0 Å². The van der Waals surface area contributed by atoms with Gasteiger partial charge in [-0.1, -0.05) is 0 Å². The van der Waals surface area contributed by atoms with E-state index in [1.54, 1.807) is 6.20 Å². The van der Waals surface area contributed by atoms with Gasteiger partial charge in [-0.05, 0) is 0 Å². The summed E-state index contributed by atoms with van der Waals surface area (Å²) in [7, 11) is 0. The Morgan fingerprint density at radius 2 is 2.00 bits per heavy atom. The van der Waals surface area contributed by atoms with Crippen LogP contribution in [0, 0.1) is 13.8 Å². The number of nitrogens with zero attached hydrogens (tertiary/aromatic N) is 3. The van der Waals surface area contributed by atoms with Crippen molar-refractivity contribution in [3.05, 3.63) is 29.9 Å². The summed E-state index contributed by atoms with van der Waals surface area (Å²) in [6.07, 6.45) is 1.65. The Balaban J connectivity index is 2.96. The Kier molecular flexibility index (Phi) is 3.92. The fourth-order valence-corrected chi connectivity index (χ4v) is 2.93. The van der Waals surface area contributed by atoms with Gasteiger partial charge in [0.25, 0.3) is 0 Å². The van der Waals surface area contributed by atoms with Crippen molar-refractivity contribution in [1.29, 1.82) is 0 Å². The van der Waals surface area contributed by atoms with Crippen LogP contribution in [-0.4, -0.2) is 19.3 Å². The summed E-state index contributed by atoms with van der Waals surface area (Å²) in [4.78, 5) is 9.10. The first-order valence-electron chi connectivity index (χ1n) is 6.25. The SMILES string of the molecule is C=CNc1nc(C)nc2c1c([CH]=[V])c(C)n2C(C)C. The van der Waals surface area contributed by atoms with Crippen LogP contribution in [0.15, 0.2) is 12.8 Å². The summed E-state index contributed by atoms with van der Waals surface area (Å²) < 4.78 is 4.30. The van der Waals surface area contributed by atoms with Crippen LogP contribution in [-0.2, 0) is 17.0 Å².